The van der Waals surface area contributed by atoms with Crippen molar-refractivity contribution in [2.75, 3.05) is 5.75 Å². The number of aryl methyl sites for hydroxylation is 1. The van der Waals surface area contributed by atoms with Crippen LogP contribution >= 0.6 is 11.8 Å². The molecule has 0 amide bonds. The maximum absolute atomic E-state index is 12.5. The van der Waals surface area contributed by atoms with Crippen LogP contribution in [0.3, 0.4) is 0 Å². The van der Waals surface area contributed by atoms with Crippen LogP contribution in [-0.2, 0) is 7.05 Å². The van der Waals surface area contributed by atoms with Gasteiger partial charge in [-0.1, -0.05) is 31.0 Å². The van der Waals surface area contributed by atoms with E-state index < -0.39 is 0 Å². The second kappa shape index (κ2) is 7.53. The van der Waals surface area contributed by atoms with Crippen LogP contribution in [0.15, 0.2) is 46.3 Å². The van der Waals surface area contributed by atoms with Gasteiger partial charge in [0.1, 0.15) is 0 Å². The highest BCUT2D eigenvalue weighted by atomic mass is 32.2. The van der Waals surface area contributed by atoms with Gasteiger partial charge in [0, 0.05) is 19.3 Å². The largest absolute Gasteiger partial charge is 0.461 e. The van der Waals surface area contributed by atoms with Crippen LogP contribution in [0, 0.1) is 0 Å². The second-order valence-corrected chi connectivity index (χ2v) is 7.60. The molecule has 0 aliphatic heterocycles. The van der Waals surface area contributed by atoms with Crippen molar-refractivity contribution in [3.8, 4) is 11.6 Å². The Morgan fingerprint density at radius 1 is 1.23 bits per heavy atom. The van der Waals surface area contributed by atoms with Gasteiger partial charge in [0.15, 0.2) is 16.7 Å². The molecule has 0 bridgehead atoms. The van der Waals surface area contributed by atoms with Gasteiger partial charge in [-0.05, 0) is 37.1 Å². The highest BCUT2D eigenvalue weighted by Gasteiger charge is 2.25. The van der Waals surface area contributed by atoms with Gasteiger partial charge in [-0.3, -0.25) is 9.36 Å². The van der Waals surface area contributed by atoms with Crippen molar-refractivity contribution in [3.63, 3.8) is 0 Å². The van der Waals surface area contributed by atoms with Crippen LogP contribution in [0.4, 0.5) is 0 Å². The van der Waals surface area contributed by atoms with Crippen LogP contribution < -0.4 is 0 Å². The lowest BCUT2D eigenvalue weighted by atomic mass is 9.95. The molecule has 3 aromatic rings. The highest BCUT2D eigenvalue weighted by Crippen LogP contribution is 2.35. The number of carbonyl (C=O) groups excluding carboxylic acids is 1. The van der Waals surface area contributed by atoms with Crippen molar-refractivity contribution in [2.24, 2.45) is 7.05 Å². The Bertz CT molecular complexity index is 875. The number of thioether (sulfide) groups is 1. The summed E-state index contributed by atoms with van der Waals surface area (Å²) >= 11 is 1.46. The zero-order valence-corrected chi connectivity index (χ0v) is 15.6. The molecular formula is C19H22N4O2S. The highest BCUT2D eigenvalue weighted by molar-refractivity contribution is 7.99. The predicted molar refractivity (Wildman–Crippen MR) is 100 cm³/mol. The van der Waals surface area contributed by atoms with Crippen LogP contribution in [0.1, 0.15) is 48.6 Å². The van der Waals surface area contributed by atoms with E-state index in [0.29, 0.717) is 17.5 Å². The van der Waals surface area contributed by atoms with Crippen LogP contribution in [0.5, 0.6) is 0 Å². The molecule has 3 aromatic heterocycles. The monoisotopic (exact) mass is 370 g/mol. The zero-order chi connectivity index (χ0) is 17.9. The quantitative estimate of drug-likeness (QED) is 0.476. The number of aromatic nitrogens is 4. The van der Waals surface area contributed by atoms with Crippen molar-refractivity contribution in [1.29, 1.82) is 0 Å². The van der Waals surface area contributed by atoms with Gasteiger partial charge in [-0.15, -0.1) is 10.2 Å². The first-order chi connectivity index (χ1) is 12.7. The number of nitrogens with zero attached hydrogens (tertiary/aromatic N) is 4. The first-order valence-electron chi connectivity index (χ1n) is 9.00. The van der Waals surface area contributed by atoms with Crippen molar-refractivity contribution in [2.45, 2.75) is 43.3 Å². The molecule has 0 spiro atoms. The molecule has 26 heavy (non-hydrogen) atoms. The normalized spacial score (nSPS) is 15.4. The van der Waals surface area contributed by atoms with Gasteiger partial charge in [0.25, 0.3) is 0 Å². The lowest BCUT2D eigenvalue weighted by molar-refractivity contribution is 0.101. The summed E-state index contributed by atoms with van der Waals surface area (Å²) in [6, 6.07) is 7.88. The van der Waals surface area contributed by atoms with E-state index >= 15 is 0 Å². The average molecular weight is 370 g/mol. The molecule has 1 aliphatic rings. The smallest absolute Gasteiger partial charge is 0.200 e. The topological polar surface area (TPSA) is 65.8 Å². The Morgan fingerprint density at radius 3 is 2.77 bits per heavy atom. The minimum absolute atomic E-state index is 0.0974. The van der Waals surface area contributed by atoms with Gasteiger partial charge < -0.3 is 8.98 Å². The molecule has 3 heterocycles. The molecule has 0 unspecified atom stereocenters. The fourth-order valence-electron chi connectivity index (χ4n) is 3.57. The minimum atomic E-state index is 0.0974. The number of Topliss-reactive ketones (excluding diaryl/α,β-unsaturated/α-hetero) is 1. The van der Waals surface area contributed by atoms with Gasteiger partial charge in [0.05, 0.1) is 17.7 Å². The molecule has 1 fully saturated rings. The number of carbonyl (C=O) groups is 1. The first kappa shape index (κ1) is 17.1. The van der Waals surface area contributed by atoms with E-state index in [1.807, 2.05) is 42.1 Å². The Morgan fingerprint density at radius 2 is 2.08 bits per heavy atom. The third-order valence-corrected chi connectivity index (χ3v) is 5.85. The summed E-state index contributed by atoms with van der Waals surface area (Å²) in [4.78, 5) is 12.5. The van der Waals surface area contributed by atoms with E-state index in [2.05, 4.69) is 14.8 Å². The van der Waals surface area contributed by atoms with E-state index in [-0.39, 0.29) is 5.78 Å². The lowest BCUT2D eigenvalue weighted by Crippen LogP contribution is -2.16. The van der Waals surface area contributed by atoms with Crippen molar-refractivity contribution < 1.29 is 9.21 Å². The molecule has 6 nitrogen and oxygen atoms in total. The van der Waals surface area contributed by atoms with Gasteiger partial charge in [0.2, 0.25) is 5.82 Å². The number of rotatable bonds is 6. The summed E-state index contributed by atoms with van der Waals surface area (Å²) < 4.78 is 9.59. The molecule has 0 aromatic carbocycles. The molecule has 1 aliphatic carbocycles. The molecule has 136 valence electrons. The van der Waals surface area contributed by atoms with E-state index in [0.717, 1.165) is 29.6 Å². The van der Waals surface area contributed by atoms with Crippen molar-refractivity contribution in [3.05, 3.63) is 42.4 Å². The lowest BCUT2D eigenvalue weighted by Gasteiger charge is -2.25. The van der Waals surface area contributed by atoms with E-state index in [1.54, 1.807) is 6.26 Å². The third-order valence-electron chi connectivity index (χ3n) is 4.91. The zero-order valence-electron chi connectivity index (χ0n) is 14.8. The first-order valence-corrected chi connectivity index (χ1v) is 9.98. The Hall–Kier alpha value is -2.28. The summed E-state index contributed by atoms with van der Waals surface area (Å²) in [6.07, 6.45) is 9.48. The maximum atomic E-state index is 12.5. The fourth-order valence-corrected chi connectivity index (χ4v) is 4.45. The van der Waals surface area contributed by atoms with E-state index in [9.17, 15) is 4.79 Å². The predicted octanol–water partition coefficient (Wildman–Crippen LogP) is 4.36. The third kappa shape index (κ3) is 3.35. The molecule has 1 saturated carbocycles. The Kier molecular flexibility index (Phi) is 4.97. The standard InChI is InChI=1S/C19H22N4O2S/c1-22-11-5-9-15(22)16(24)13-26-19-21-20-18(17-10-6-12-25-17)23(19)14-7-3-2-4-8-14/h5-6,9-12,14H,2-4,7-8,13H2,1H3. The molecule has 0 N–H and O–H groups in total. The van der Waals surface area contributed by atoms with Gasteiger partial charge in [-0.25, -0.2) is 0 Å². The van der Waals surface area contributed by atoms with E-state index in [4.69, 9.17) is 4.42 Å². The van der Waals surface area contributed by atoms with Crippen LogP contribution in [0.25, 0.3) is 11.6 Å². The summed E-state index contributed by atoms with van der Waals surface area (Å²) in [5.41, 5.74) is 0.715. The number of ketones is 1. The molecule has 0 saturated heterocycles. The molecule has 0 atom stereocenters. The van der Waals surface area contributed by atoms with Crippen LogP contribution in [0.2, 0.25) is 0 Å². The Labute approximate surface area is 156 Å². The summed E-state index contributed by atoms with van der Waals surface area (Å²) in [5.74, 6) is 1.93. The summed E-state index contributed by atoms with van der Waals surface area (Å²) in [6.45, 7) is 0. The Balaban J connectivity index is 1.59. The molecule has 4 rings (SSSR count). The molecule has 7 heteroatoms. The number of hydrogen-bond acceptors (Lipinski definition) is 5. The second-order valence-electron chi connectivity index (χ2n) is 6.66. The summed E-state index contributed by atoms with van der Waals surface area (Å²) in [7, 11) is 1.89. The fraction of sp³-hybridized carbons (Fsp3) is 0.421. The number of hydrogen-bond donors (Lipinski definition) is 0. The van der Waals surface area contributed by atoms with Gasteiger partial charge in [-0.2, -0.15) is 0 Å². The average Bonchev–Trinajstić information content (AvgIpc) is 3.40. The van der Waals surface area contributed by atoms with E-state index in [1.165, 1.54) is 31.0 Å². The summed E-state index contributed by atoms with van der Waals surface area (Å²) in [5, 5.41) is 9.55. The molecule has 0 radical (unpaired) electrons. The molecular weight excluding hydrogens is 348 g/mol. The minimum Gasteiger partial charge on any atom is -0.461 e. The maximum Gasteiger partial charge on any atom is 0.200 e. The van der Waals surface area contributed by atoms with Crippen LogP contribution in [-0.4, -0.2) is 30.9 Å². The van der Waals surface area contributed by atoms with Gasteiger partial charge >= 0.3 is 0 Å². The van der Waals surface area contributed by atoms with Crippen molar-refractivity contribution in [1.82, 2.24) is 19.3 Å². The number of furan rings is 1. The SMILES string of the molecule is Cn1cccc1C(=O)CSc1nnc(-c2ccco2)n1C1CCCCC1. The van der Waals surface area contributed by atoms with Crippen molar-refractivity contribution >= 4 is 17.5 Å².